The monoisotopic (exact) mass is 321 g/mol. The molecule has 0 aliphatic carbocycles. The molecule has 1 aliphatic heterocycles. The summed E-state index contributed by atoms with van der Waals surface area (Å²) in [6.07, 6.45) is 0. The van der Waals surface area contributed by atoms with Gasteiger partial charge in [0.2, 0.25) is 5.91 Å². The van der Waals surface area contributed by atoms with E-state index in [1.807, 2.05) is 4.98 Å². The first-order chi connectivity index (χ1) is 9.36. The van der Waals surface area contributed by atoms with E-state index < -0.39 is 16.9 Å². The Hall–Kier alpha value is -1.47. The van der Waals surface area contributed by atoms with Crippen LogP contribution < -0.4 is 73.6 Å². The normalized spacial score (nSPS) is 13.5. The summed E-state index contributed by atoms with van der Waals surface area (Å²) in [4.78, 5) is 52.9. The minimum absolute atomic E-state index is 0. The zero-order valence-corrected chi connectivity index (χ0v) is 14.4. The van der Waals surface area contributed by atoms with E-state index in [2.05, 4.69) is 20.3 Å². The quantitative estimate of drug-likeness (QED) is 0.265. The van der Waals surface area contributed by atoms with Gasteiger partial charge in [0.05, 0.1) is 6.54 Å². The SMILES string of the molecule is CN1CC(=O)NC1=N.O=c1[nH]c(=O)c2[nH]c(=O)[nH]c2[nH]1.[H-].[K+]. The largest absolute Gasteiger partial charge is 1.00 e. The Kier molecular flexibility index (Phi) is 5.85. The van der Waals surface area contributed by atoms with Crippen molar-refractivity contribution in [1.82, 2.24) is 30.2 Å². The van der Waals surface area contributed by atoms with Crippen molar-refractivity contribution in [3.05, 3.63) is 31.3 Å². The van der Waals surface area contributed by atoms with Crippen LogP contribution in [0.3, 0.4) is 0 Å². The number of hydrogen-bond acceptors (Lipinski definition) is 5. The number of rotatable bonds is 0. The van der Waals surface area contributed by atoms with Crippen molar-refractivity contribution in [2.75, 3.05) is 13.6 Å². The second-order valence-corrected chi connectivity index (χ2v) is 3.99. The molecule has 108 valence electrons. The number of carbonyl (C=O) groups is 1. The second kappa shape index (κ2) is 6.99. The zero-order valence-electron chi connectivity index (χ0n) is 12.3. The molecule has 11 nitrogen and oxygen atoms in total. The van der Waals surface area contributed by atoms with Gasteiger partial charge in [-0.2, -0.15) is 0 Å². The molecule has 21 heavy (non-hydrogen) atoms. The number of likely N-dealkylation sites (N-methyl/N-ethyl adjacent to an activating group) is 1. The van der Waals surface area contributed by atoms with Gasteiger partial charge in [0.15, 0.2) is 5.96 Å². The molecule has 1 aliphatic rings. The first-order valence-electron chi connectivity index (χ1n) is 5.41. The number of aromatic nitrogens is 4. The van der Waals surface area contributed by atoms with Crippen LogP contribution in [0.4, 0.5) is 0 Å². The van der Waals surface area contributed by atoms with Gasteiger partial charge in [-0.05, 0) is 0 Å². The van der Waals surface area contributed by atoms with Crippen LogP contribution in [-0.2, 0) is 4.79 Å². The first kappa shape index (κ1) is 17.6. The fourth-order valence-electron chi connectivity index (χ4n) is 1.52. The van der Waals surface area contributed by atoms with Gasteiger partial charge in [0.25, 0.3) is 5.56 Å². The van der Waals surface area contributed by atoms with E-state index in [1.54, 1.807) is 11.9 Å². The van der Waals surface area contributed by atoms with Gasteiger partial charge >= 0.3 is 62.8 Å². The summed E-state index contributed by atoms with van der Waals surface area (Å²) in [5.41, 5.74) is -1.65. The van der Waals surface area contributed by atoms with Gasteiger partial charge in [-0.1, -0.05) is 0 Å². The van der Waals surface area contributed by atoms with Crippen molar-refractivity contribution in [2.24, 2.45) is 0 Å². The molecule has 3 rings (SSSR count). The third-order valence-corrected chi connectivity index (χ3v) is 2.44. The maximum Gasteiger partial charge on any atom is 1.00 e. The molecule has 0 radical (unpaired) electrons. The summed E-state index contributed by atoms with van der Waals surface area (Å²) >= 11 is 0. The standard InChI is InChI=1S/C5H4N4O3.C4H7N3O.K.H/c10-3-1-2(7-4(11)6-1)8-5(12)9-3;1-7-2-3(8)6-4(7)5;;/h(H4,6,7,8,9,10,11,12);2H2,1H3,(H2,5,6,8);;/q;;+1;-1. The summed E-state index contributed by atoms with van der Waals surface area (Å²) in [7, 11) is 1.69. The van der Waals surface area contributed by atoms with E-state index in [4.69, 9.17) is 5.41 Å². The van der Waals surface area contributed by atoms with Gasteiger partial charge in [-0.25, -0.2) is 9.59 Å². The second-order valence-electron chi connectivity index (χ2n) is 3.99. The summed E-state index contributed by atoms with van der Waals surface area (Å²) in [6, 6.07) is 0. The zero-order chi connectivity index (χ0) is 14.9. The molecule has 1 fully saturated rings. The number of imidazole rings is 1. The fraction of sp³-hybridized carbons (Fsp3) is 0.222. The van der Waals surface area contributed by atoms with Crippen molar-refractivity contribution in [1.29, 1.82) is 5.41 Å². The first-order valence-corrected chi connectivity index (χ1v) is 5.41. The van der Waals surface area contributed by atoms with Gasteiger partial charge in [0, 0.05) is 7.05 Å². The van der Waals surface area contributed by atoms with Gasteiger partial charge in [-0.15, -0.1) is 0 Å². The maximum absolute atomic E-state index is 10.9. The molecule has 1 amide bonds. The Morgan fingerprint density at radius 1 is 1.05 bits per heavy atom. The molecule has 2 aromatic rings. The van der Waals surface area contributed by atoms with E-state index >= 15 is 0 Å². The number of amides is 1. The van der Waals surface area contributed by atoms with Gasteiger partial charge < -0.3 is 6.33 Å². The van der Waals surface area contributed by atoms with Crippen molar-refractivity contribution >= 4 is 23.0 Å². The Morgan fingerprint density at radius 2 is 1.62 bits per heavy atom. The molecule has 0 aromatic carbocycles. The molecule has 3 heterocycles. The molecule has 1 saturated heterocycles. The number of hydrogen-bond donors (Lipinski definition) is 6. The van der Waals surface area contributed by atoms with Crippen LogP contribution in [0.15, 0.2) is 14.4 Å². The molecule has 0 unspecified atom stereocenters. The minimum atomic E-state index is -0.650. The number of carbonyl (C=O) groups excluding carboxylic acids is 1. The maximum atomic E-state index is 10.9. The van der Waals surface area contributed by atoms with Crippen LogP contribution in [0.25, 0.3) is 11.2 Å². The van der Waals surface area contributed by atoms with Gasteiger partial charge in [-0.3, -0.25) is 40.3 Å². The molecule has 0 saturated carbocycles. The van der Waals surface area contributed by atoms with Crippen LogP contribution in [0.5, 0.6) is 0 Å². The van der Waals surface area contributed by atoms with Crippen molar-refractivity contribution in [2.45, 2.75) is 0 Å². The molecular formula is C9H12KN7O4. The van der Waals surface area contributed by atoms with Crippen LogP contribution in [0, 0.1) is 5.41 Å². The number of H-pyrrole nitrogens is 4. The molecule has 0 atom stereocenters. The Morgan fingerprint density at radius 3 is 2.05 bits per heavy atom. The summed E-state index contributed by atoms with van der Waals surface area (Å²) in [5.74, 6) is 0.0903. The Labute approximate surface area is 159 Å². The van der Waals surface area contributed by atoms with Crippen molar-refractivity contribution in [3.8, 4) is 0 Å². The summed E-state index contributed by atoms with van der Waals surface area (Å²) in [5, 5.41) is 9.32. The van der Waals surface area contributed by atoms with E-state index in [9.17, 15) is 19.2 Å². The van der Waals surface area contributed by atoms with Crippen LogP contribution in [-0.4, -0.2) is 50.3 Å². The minimum Gasteiger partial charge on any atom is -1.00 e. The van der Waals surface area contributed by atoms with E-state index in [-0.39, 0.29) is 75.8 Å². The average Bonchev–Trinajstić information content (AvgIpc) is 2.82. The molecule has 0 bridgehead atoms. The number of nitrogens with zero attached hydrogens (tertiary/aromatic N) is 1. The van der Waals surface area contributed by atoms with Crippen molar-refractivity contribution < 1.29 is 57.6 Å². The third-order valence-electron chi connectivity index (χ3n) is 2.44. The predicted molar refractivity (Wildman–Crippen MR) is 69.8 cm³/mol. The van der Waals surface area contributed by atoms with Crippen LogP contribution in [0.2, 0.25) is 0 Å². The van der Waals surface area contributed by atoms with Gasteiger partial charge in [0.1, 0.15) is 11.2 Å². The number of nitrogens with one attached hydrogen (secondary N) is 6. The predicted octanol–water partition coefficient (Wildman–Crippen LogP) is -5.67. The Bertz CT molecular complexity index is 850. The average molecular weight is 321 g/mol. The number of fused-ring (bicyclic) bond motifs is 1. The van der Waals surface area contributed by atoms with E-state index in [0.717, 1.165) is 0 Å². The molecule has 12 heteroatoms. The topological polar surface area (TPSA) is 171 Å². The Balaban J connectivity index is 0.000000393. The smallest absolute Gasteiger partial charge is 1.00 e. The molecule has 6 N–H and O–H groups in total. The fourth-order valence-corrected chi connectivity index (χ4v) is 1.52. The summed E-state index contributed by atoms with van der Waals surface area (Å²) < 4.78 is 0. The van der Waals surface area contributed by atoms with Crippen LogP contribution in [0.1, 0.15) is 1.43 Å². The number of aromatic amines is 4. The van der Waals surface area contributed by atoms with E-state index in [0.29, 0.717) is 6.54 Å². The molecule has 0 spiro atoms. The molecular weight excluding hydrogens is 309 g/mol. The third kappa shape index (κ3) is 4.24. The summed E-state index contributed by atoms with van der Waals surface area (Å²) in [6.45, 7) is 0.318. The molecule has 2 aromatic heterocycles. The van der Waals surface area contributed by atoms with E-state index in [1.165, 1.54) is 0 Å². The van der Waals surface area contributed by atoms with Crippen molar-refractivity contribution in [3.63, 3.8) is 0 Å². The number of guanidine groups is 1. The van der Waals surface area contributed by atoms with Crippen LogP contribution >= 0.6 is 0 Å².